The van der Waals surface area contributed by atoms with Crippen molar-refractivity contribution in [3.8, 4) is 0 Å². The molecule has 96 valence electrons. The summed E-state index contributed by atoms with van der Waals surface area (Å²) in [5.41, 5.74) is 1.66. The second-order valence-corrected chi connectivity index (χ2v) is 9.86. The third-order valence-corrected chi connectivity index (χ3v) is 10.1. The van der Waals surface area contributed by atoms with Gasteiger partial charge in [-0.25, -0.2) is 0 Å². The summed E-state index contributed by atoms with van der Waals surface area (Å²) in [7, 11) is -1.95. The van der Waals surface area contributed by atoms with Crippen LogP contribution in [0.2, 0.25) is 0 Å². The van der Waals surface area contributed by atoms with Crippen LogP contribution in [0.5, 0.6) is 0 Å². The summed E-state index contributed by atoms with van der Waals surface area (Å²) in [5, 5.41) is 0. The van der Waals surface area contributed by atoms with Crippen molar-refractivity contribution in [1.82, 2.24) is 0 Å². The summed E-state index contributed by atoms with van der Waals surface area (Å²) in [5.74, 6) is 0. The predicted molar refractivity (Wildman–Crippen MR) is 74.3 cm³/mol. The van der Waals surface area contributed by atoms with Gasteiger partial charge in [-0.05, 0) is 38.5 Å². The summed E-state index contributed by atoms with van der Waals surface area (Å²) < 4.78 is 13.8. The van der Waals surface area contributed by atoms with Gasteiger partial charge >= 0.3 is 0 Å². The van der Waals surface area contributed by atoms with Gasteiger partial charge in [-0.3, -0.25) is 0 Å². The molecule has 3 aliphatic carbocycles. The molecule has 1 atom stereocenters. The molecule has 1 nitrogen and oxygen atoms in total. The Morgan fingerprint density at radius 1 is 0.824 bits per heavy atom. The van der Waals surface area contributed by atoms with Crippen molar-refractivity contribution in [2.75, 3.05) is 0 Å². The van der Waals surface area contributed by atoms with Crippen molar-refractivity contribution in [1.29, 1.82) is 0 Å². The summed E-state index contributed by atoms with van der Waals surface area (Å²) in [6.45, 7) is 0. The first-order valence-corrected chi connectivity index (χ1v) is 9.49. The zero-order valence-electron chi connectivity index (χ0n) is 10.8. The Labute approximate surface area is 105 Å². The van der Waals surface area contributed by atoms with Crippen molar-refractivity contribution in [2.45, 2.75) is 81.2 Å². The highest BCUT2D eigenvalue weighted by Crippen LogP contribution is 2.68. The van der Waals surface area contributed by atoms with E-state index in [2.05, 4.69) is 12.2 Å². The number of hydrogen-bond donors (Lipinski definition) is 0. The molecule has 0 aliphatic heterocycles. The first-order valence-electron chi connectivity index (χ1n) is 7.57. The van der Waals surface area contributed by atoms with Crippen molar-refractivity contribution >= 4 is 7.14 Å². The quantitative estimate of drug-likeness (QED) is 0.513. The molecule has 3 aliphatic rings. The summed E-state index contributed by atoms with van der Waals surface area (Å²) in [6.07, 6.45) is 17.3. The highest BCUT2D eigenvalue weighted by atomic mass is 31.2. The van der Waals surface area contributed by atoms with Crippen LogP contribution in [0.4, 0.5) is 0 Å². The van der Waals surface area contributed by atoms with E-state index >= 15 is 0 Å². The Balaban J connectivity index is 1.87. The second-order valence-electron chi connectivity index (χ2n) is 6.21. The molecule has 0 aromatic carbocycles. The zero-order chi connectivity index (χ0) is 11.7. The van der Waals surface area contributed by atoms with Crippen LogP contribution in [0.1, 0.15) is 64.2 Å². The van der Waals surface area contributed by atoms with E-state index in [0.717, 1.165) is 0 Å². The first-order chi connectivity index (χ1) is 8.32. The van der Waals surface area contributed by atoms with Gasteiger partial charge in [-0.15, -0.1) is 0 Å². The Bertz CT molecular complexity index is 315. The van der Waals surface area contributed by atoms with Gasteiger partial charge in [0.05, 0.1) is 0 Å². The van der Waals surface area contributed by atoms with Gasteiger partial charge < -0.3 is 4.57 Å². The van der Waals surface area contributed by atoms with E-state index in [0.29, 0.717) is 17.0 Å². The van der Waals surface area contributed by atoms with Gasteiger partial charge in [0.25, 0.3) is 0 Å². The van der Waals surface area contributed by atoms with Crippen LogP contribution in [0.3, 0.4) is 0 Å². The van der Waals surface area contributed by atoms with Crippen LogP contribution in [-0.2, 0) is 4.57 Å². The Hall–Kier alpha value is -0.0300. The number of hydrogen-bond acceptors (Lipinski definition) is 1. The van der Waals surface area contributed by atoms with E-state index in [1.165, 1.54) is 64.2 Å². The number of allylic oxidation sites excluding steroid dienone is 2. The molecular weight excluding hydrogens is 227 g/mol. The summed E-state index contributed by atoms with van der Waals surface area (Å²) >= 11 is 0. The topological polar surface area (TPSA) is 17.1 Å². The van der Waals surface area contributed by atoms with Gasteiger partial charge in [0.1, 0.15) is 7.14 Å². The van der Waals surface area contributed by atoms with Crippen LogP contribution in [0, 0.1) is 0 Å². The highest BCUT2D eigenvalue weighted by Gasteiger charge is 2.47. The van der Waals surface area contributed by atoms with E-state index in [4.69, 9.17) is 0 Å². The monoisotopic (exact) mass is 252 g/mol. The highest BCUT2D eigenvalue weighted by molar-refractivity contribution is 7.66. The van der Waals surface area contributed by atoms with Gasteiger partial charge in [0.15, 0.2) is 0 Å². The molecule has 2 saturated carbocycles. The lowest BCUT2D eigenvalue weighted by Crippen LogP contribution is -2.22. The Morgan fingerprint density at radius 3 is 1.76 bits per heavy atom. The normalized spacial score (nSPS) is 31.6. The van der Waals surface area contributed by atoms with Crippen LogP contribution in [-0.4, -0.2) is 17.0 Å². The minimum atomic E-state index is -1.95. The molecule has 0 heterocycles. The van der Waals surface area contributed by atoms with Crippen LogP contribution >= 0.6 is 7.14 Å². The van der Waals surface area contributed by atoms with Gasteiger partial charge in [0.2, 0.25) is 0 Å². The Morgan fingerprint density at radius 2 is 1.35 bits per heavy atom. The standard InChI is InChI=1S/C15H25OP/c16-17(13-7-1-2-8-13,14-9-3-4-10-14)15-11-5-6-12-15/h1,7,13-15H,2-6,8-12H2. The zero-order valence-corrected chi connectivity index (χ0v) is 11.7. The molecule has 2 heteroatoms. The minimum Gasteiger partial charge on any atom is -0.322 e. The van der Waals surface area contributed by atoms with E-state index in [9.17, 15) is 4.57 Å². The van der Waals surface area contributed by atoms with E-state index in [-0.39, 0.29) is 0 Å². The van der Waals surface area contributed by atoms with Crippen molar-refractivity contribution in [3.05, 3.63) is 12.2 Å². The van der Waals surface area contributed by atoms with Crippen molar-refractivity contribution < 1.29 is 4.57 Å². The van der Waals surface area contributed by atoms with Gasteiger partial charge in [-0.2, -0.15) is 0 Å². The van der Waals surface area contributed by atoms with Crippen LogP contribution in [0.15, 0.2) is 12.2 Å². The predicted octanol–water partition coefficient (Wildman–Crippen LogP) is 4.95. The second kappa shape index (κ2) is 4.92. The molecule has 0 bridgehead atoms. The lowest BCUT2D eigenvalue weighted by Gasteiger charge is -2.34. The average molecular weight is 252 g/mol. The average Bonchev–Trinajstić information content (AvgIpc) is 3.10. The molecular formula is C15H25OP. The minimum absolute atomic E-state index is 0.466. The van der Waals surface area contributed by atoms with Crippen LogP contribution in [0.25, 0.3) is 0 Å². The molecule has 0 spiro atoms. The molecule has 3 rings (SSSR count). The summed E-state index contributed by atoms with van der Waals surface area (Å²) in [6, 6.07) is 0. The lowest BCUT2D eigenvalue weighted by molar-refractivity contribution is 0.541. The van der Waals surface area contributed by atoms with Crippen molar-refractivity contribution in [3.63, 3.8) is 0 Å². The van der Waals surface area contributed by atoms with Gasteiger partial charge in [-0.1, -0.05) is 37.8 Å². The third-order valence-electron chi connectivity index (χ3n) is 5.30. The SMILES string of the molecule is O=P(C1C=CCC1)(C1CCCC1)C1CCCC1. The van der Waals surface area contributed by atoms with Crippen molar-refractivity contribution in [2.24, 2.45) is 0 Å². The third kappa shape index (κ3) is 2.05. The fourth-order valence-electron chi connectivity index (χ4n) is 4.41. The van der Waals surface area contributed by atoms with Crippen LogP contribution < -0.4 is 0 Å². The van der Waals surface area contributed by atoms with E-state index < -0.39 is 7.14 Å². The van der Waals surface area contributed by atoms with E-state index in [1.807, 2.05) is 0 Å². The lowest BCUT2D eigenvalue weighted by atomic mass is 10.3. The maximum absolute atomic E-state index is 13.8. The summed E-state index contributed by atoms with van der Waals surface area (Å²) in [4.78, 5) is 0. The Kier molecular flexibility index (Phi) is 3.48. The van der Waals surface area contributed by atoms with E-state index in [1.54, 1.807) is 0 Å². The molecule has 17 heavy (non-hydrogen) atoms. The maximum atomic E-state index is 13.8. The number of rotatable bonds is 3. The fourth-order valence-corrected chi connectivity index (χ4v) is 9.38. The largest absolute Gasteiger partial charge is 0.322 e. The molecule has 0 radical (unpaired) electrons. The first kappa shape index (κ1) is 12.0. The molecule has 0 N–H and O–H groups in total. The fraction of sp³-hybridized carbons (Fsp3) is 0.867. The smallest absolute Gasteiger partial charge is 0.100 e. The molecule has 1 unspecified atom stereocenters. The molecule has 2 fully saturated rings. The maximum Gasteiger partial charge on any atom is 0.100 e. The molecule has 0 amide bonds. The molecule has 0 saturated heterocycles. The van der Waals surface area contributed by atoms with Gasteiger partial charge in [0, 0.05) is 17.0 Å². The molecule has 0 aromatic rings. The molecule has 0 aromatic heterocycles.